The second kappa shape index (κ2) is 8.41. The van der Waals surface area contributed by atoms with Crippen LogP contribution in [0.2, 0.25) is 5.02 Å². The number of aromatic nitrogens is 2. The van der Waals surface area contributed by atoms with Crippen LogP contribution in [0.4, 0.5) is 0 Å². The molecule has 1 aliphatic rings. The molecule has 4 aromatic rings. The lowest BCUT2D eigenvalue weighted by atomic mass is 10.1. The fraction of sp³-hybridized carbons (Fsp3) is 0.292. The quantitative estimate of drug-likeness (QED) is 0.437. The van der Waals surface area contributed by atoms with Gasteiger partial charge in [-0.3, -0.25) is 9.69 Å². The van der Waals surface area contributed by atoms with Crippen molar-refractivity contribution in [2.45, 2.75) is 19.9 Å². The molecule has 1 aliphatic heterocycles. The highest BCUT2D eigenvalue weighted by Crippen LogP contribution is 2.32. The maximum atomic E-state index is 13.1. The molecule has 164 valence electrons. The molecule has 0 bridgehead atoms. The van der Waals surface area contributed by atoms with Gasteiger partial charge in [0.15, 0.2) is 11.3 Å². The molecule has 0 radical (unpaired) electrons. The average molecular weight is 451 g/mol. The molecule has 5 rings (SSSR count). The number of piperazine rings is 1. The Kier molecular flexibility index (Phi) is 5.45. The van der Waals surface area contributed by atoms with Gasteiger partial charge in [0, 0.05) is 42.7 Å². The Morgan fingerprint density at radius 1 is 1.06 bits per heavy atom. The second-order valence-corrected chi connectivity index (χ2v) is 8.41. The number of hydrogen-bond acceptors (Lipinski definition) is 6. The Balaban J connectivity index is 1.26. The first-order chi connectivity index (χ1) is 15.5. The van der Waals surface area contributed by atoms with Crippen LogP contribution in [-0.2, 0) is 0 Å². The molecule has 8 heteroatoms. The molecule has 0 saturated carbocycles. The normalized spacial score (nSPS) is 15.9. The first-order valence-electron chi connectivity index (χ1n) is 10.6. The highest BCUT2D eigenvalue weighted by molar-refractivity contribution is 6.35. The first-order valence-corrected chi connectivity index (χ1v) is 11.0. The van der Waals surface area contributed by atoms with Gasteiger partial charge in [-0.05, 0) is 19.9 Å². The van der Waals surface area contributed by atoms with Crippen LogP contribution in [0, 0.1) is 6.92 Å². The summed E-state index contributed by atoms with van der Waals surface area (Å²) in [5, 5.41) is 5.51. The molecule has 1 saturated heterocycles. The Labute approximate surface area is 190 Å². The molecule has 0 spiro atoms. The van der Waals surface area contributed by atoms with E-state index < -0.39 is 0 Å². The molecular weight excluding hydrogens is 428 g/mol. The lowest BCUT2D eigenvalue weighted by molar-refractivity contribution is 0.0525. The van der Waals surface area contributed by atoms with Crippen LogP contribution in [0.5, 0.6) is 0 Å². The summed E-state index contributed by atoms with van der Waals surface area (Å²) in [4.78, 5) is 21.8. The number of fused-ring (bicyclic) bond motifs is 1. The molecule has 2 aromatic carbocycles. The predicted molar refractivity (Wildman–Crippen MR) is 122 cm³/mol. The number of carbonyl (C=O) groups is 1. The summed E-state index contributed by atoms with van der Waals surface area (Å²) >= 11 is 6.24. The fourth-order valence-corrected chi connectivity index (χ4v) is 4.35. The maximum absolute atomic E-state index is 13.1. The second-order valence-electron chi connectivity index (χ2n) is 8.00. The van der Waals surface area contributed by atoms with Crippen LogP contribution in [0.3, 0.4) is 0 Å². The number of carbonyl (C=O) groups excluding carboxylic acids is 1. The zero-order chi connectivity index (χ0) is 22.2. The largest absolute Gasteiger partial charge is 0.449 e. The van der Waals surface area contributed by atoms with Crippen molar-refractivity contribution in [1.29, 1.82) is 0 Å². The Morgan fingerprint density at radius 3 is 2.53 bits per heavy atom. The summed E-state index contributed by atoms with van der Waals surface area (Å²) in [5.41, 5.74) is 2.31. The minimum absolute atomic E-state index is 0.0380. The van der Waals surface area contributed by atoms with Gasteiger partial charge in [-0.25, -0.2) is 0 Å². The summed E-state index contributed by atoms with van der Waals surface area (Å²) < 4.78 is 11.4. The van der Waals surface area contributed by atoms with Gasteiger partial charge in [0.25, 0.3) is 5.91 Å². The van der Waals surface area contributed by atoms with Crippen molar-refractivity contribution in [3.8, 4) is 11.4 Å². The fourth-order valence-electron chi connectivity index (χ4n) is 4.13. The number of furan rings is 1. The molecule has 1 unspecified atom stereocenters. The third-order valence-corrected chi connectivity index (χ3v) is 6.39. The van der Waals surface area contributed by atoms with Gasteiger partial charge in [-0.1, -0.05) is 59.2 Å². The first kappa shape index (κ1) is 20.7. The standard InChI is InChI=1S/C24H23ClN4O3/c1-15-18-9-6-10-19(25)21(18)31-20(15)24(30)29-13-11-28(12-14-29)16(2)23-26-22(27-32-23)17-7-4-3-5-8-17/h3-10,16H,11-14H2,1-2H3. The topological polar surface area (TPSA) is 75.6 Å². The van der Waals surface area contributed by atoms with Crippen molar-refractivity contribution >= 4 is 28.5 Å². The van der Waals surface area contributed by atoms with E-state index in [0.717, 1.165) is 16.5 Å². The monoisotopic (exact) mass is 450 g/mol. The van der Waals surface area contributed by atoms with Gasteiger partial charge >= 0.3 is 0 Å². The Morgan fingerprint density at radius 2 is 1.81 bits per heavy atom. The minimum Gasteiger partial charge on any atom is -0.449 e. The van der Waals surface area contributed by atoms with Gasteiger partial charge in [0.1, 0.15) is 0 Å². The smallest absolute Gasteiger partial charge is 0.289 e. The van der Waals surface area contributed by atoms with Crippen LogP contribution < -0.4 is 0 Å². The van der Waals surface area contributed by atoms with Gasteiger partial charge in [-0.2, -0.15) is 4.98 Å². The SMILES string of the molecule is Cc1c(C(=O)N2CCN(C(C)c3nc(-c4ccccc4)no3)CC2)oc2c(Cl)cccc12. The summed E-state index contributed by atoms with van der Waals surface area (Å²) in [6.45, 7) is 6.53. The van der Waals surface area contributed by atoms with Crippen molar-refractivity contribution in [1.82, 2.24) is 19.9 Å². The average Bonchev–Trinajstić information content (AvgIpc) is 3.45. The highest BCUT2D eigenvalue weighted by Gasteiger charge is 2.30. The number of halogens is 1. The molecule has 0 N–H and O–H groups in total. The Bertz CT molecular complexity index is 1260. The zero-order valence-corrected chi connectivity index (χ0v) is 18.7. The number of benzene rings is 2. The molecule has 1 amide bonds. The minimum atomic E-state index is -0.105. The molecule has 7 nitrogen and oxygen atoms in total. The van der Waals surface area contributed by atoms with Crippen molar-refractivity contribution in [3.63, 3.8) is 0 Å². The Hall–Kier alpha value is -3.16. The molecule has 1 fully saturated rings. The highest BCUT2D eigenvalue weighted by atomic mass is 35.5. The number of nitrogens with zero attached hydrogens (tertiary/aromatic N) is 4. The number of para-hydroxylation sites is 1. The third-order valence-electron chi connectivity index (χ3n) is 6.09. The summed E-state index contributed by atoms with van der Waals surface area (Å²) in [6, 6.07) is 15.3. The van der Waals surface area contributed by atoms with Crippen LogP contribution >= 0.6 is 11.6 Å². The van der Waals surface area contributed by atoms with E-state index >= 15 is 0 Å². The zero-order valence-electron chi connectivity index (χ0n) is 17.9. The van der Waals surface area contributed by atoms with E-state index in [1.807, 2.05) is 61.2 Å². The van der Waals surface area contributed by atoms with E-state index in [0.29, 0.717) is 54.3 Å². The lowest BCUT2D eigenvalue weighted by Crippen LogP contribution is -2.49. The van der Waals surface area contributed by atoms with Gasteiger partial charge in [0.2, 0.25) is 11.7 Å². The molecule has 1 atom stereocenters. The molecular formula is C24H23ClN4O3. The number of amides is 1. The van der Waals surface area contributed by atoms with E-state index in [4.69, 9.17) is 20.5 Å². The summed E-state index contributed by atoms with van der Waals surface area (Å²) in [7, 11) is 0. The van der Waals surface area contributed by atoms with Crippen LogP contribution in [0.15, 0.2) is 57.5 Å². The van der Waals surface area contributed by atoms with Crippen molar-refractivity contribution < 1.29 is 13.7 Å². The van der Waals surface area contributed by atoms with Crippen LogP contribution in [0.25, 0.3) is 22.4 Å². The van der Waals surface area contributed by atoms with Gasteiger partial charge < -0.3 is 13.8 Å². The van der Waals surface area contributed by atoms with Crippen LogP contribution in [-0.4, -0.2) is 52.0 Å². The number of aryl methyl sites for hydroxylation is 1. The van der Waals surface area contributed by atoms with Crippen LogP contribution in [0.1, 0.15) is 35.0 Å². The number of hydrogen-bond donors (Lipinski definition) is 0. The molecule has 32 heavy (non-hydrogen) atoms. The van der Waals surface area contributed by atoms with Crippen molar-refractivity contribution in [3.05, 3.63) is 70.8 Å². The van der Waals surface area contributed by atoms with E-state index in [1.54, 1.807) is 6.07 Å². The van der Waals surface area contributed by atoms with Gasteiger partial charge in [-0.15, -0.1) is 0 Å². The third kappa shape index (κ3) is 3.67. The molecule has 2 aromatic heterocycles. The van der Waals surface area contributed by atoms with E-state index in [1.165, 1.54) is 0 Å². The van der Waals surface area contributed by atoms with E-state index in [9.17, 15) is 4.79 Å². The van der Waals surface area contributed by atoms with Crippen molar-refractivity contribution in [2.75, 3.05) is 26.2 Å². The predicted octanol–water partition coefficient (Wildman–Crippen LogP) is 4.96. The lowest BCUT2D eigenvalue weighted by Gasteiger charge is -2.36. The van der Waals surface area contributed by atoms with E-state index in [-0.39, 0.29) is 11.9 Å². The summed E-state index contributed by atoms with van der Waals surface area (Å²) in [5.74, 6) is 1.41. The maximum Gasteiger partial charge on any atom is 0.289 e. The van der Waals surface area contributed by atoms with Crippen molar-refractivity contribution in [2.24, 2.45) is 0 Å². The van der Waals surface area contributed by atoms with E-state index in [2.05, 4.69) is 15.0 Å². The van der Waals surface area contributed by atoms with Gasteiger partial charge in [0.05, 0.1) is 11.1 Å². The molecule has 0 aliphatic carbocycles. The molecule has 3 heterocycles. The summed E-state index contributed by atoms with van der Waals surface area (Å²) in [6.07, 6.45) is 0. The number of rotatable bonds is 4.